The molecule has 1 saturated heterocycles. The molecule has 3 nitrogen and oxygen atoms in total. The van der Waals surface area contributed by atoms with Gasteiger partial charge in [-0.3, -0.25) is 4.99 Å². The van der Waals surface area contributed by atoms with Crippen LogP contribution in [0.5, 0.6) is 0 Å². The van der Waals surface area contributed by atoms with E-state index < -0.39 is 0 Å². The summed E-state index contributed by atoms with van der Waals surface area (Å²) >= 11 is 0. The zero-order chi connectivity index (χ0) is 12.4. The second-order valence-corrected chi connectivity index (χ2v) is 6.28. The van der Waals surface area contributed by atoms with Crippen molar-refractivity contribution in [3.8, 4) is 0 Å². The molecule has 0 spiro atoms. The molecule has 0 radical (unpaired) electrons. The topological polar surface area (TPSA) is 27.6 Å². The summed E-state index contributed by atoms with van der Waals surface area (Å²) in [6, 6.07) is 0.706. The van der Waals surface area contributed by atoms with E-state index in [1.807, 2.05) is 0 Å². The Morgan fingerprint density at radius 2 is 1.72 bits per heavy atom. The third kappa shape index (κ3) is 2.50. The molecule has 2 aliphatic carbocycles. The highest BCUT2D eigenvalue weighted by atomic mass is 15.3. The fraction of sp³-hybridized carbons (Fsp3) is 0.933. The highest BCUT2D eigenvalue weighted by Crippen LogP contribution is 2.36. The summed E-state index contributed by atoms with van der Waals surface area (Å²) in [4.78, 5) is 7.26. The summed E-state index contributed by atoms with van der Waals surface area (Å²) in [5, 5.41) is 3.68. The van der Waals surface area contributed by atoms with Gasteiger partial charge in [0.25, 0.3) is 0 Å². The molecule has 2 unspecified atom stereocenters. The molecular weight excluding hydrogens is 222 g/mol. The van der Waals surface area contributed by atoms with Crippen molar-refractivity contribution in [1.29, 1.82) is 0 Å². The summed E-state index contributed by atoms with van der Waals surface area (Å²) < 4.78 is 0. The van der Waals surface area contributed by atoms with Crippen molar-refractivity contribution < 1.29 is 0 Å². The first-order valence-electron chi connectivity index (χ1n) is 7.92. The Hall–Kier alpha value is -0.730. The van der Waals surface area contributed by atoms with Gasteiger partial charge in [-0.05, 0) is 50.9 Å². The van der Waals surface area contributed by atoms with Crippen LogP contribution in [0.25, 0.3) is 0 Å². The molecule has 3 rings (SSSR count). The zero-order valence-corrected chi connectivity index (χ0v) is 11.7. The van der Waals surface area contributed by atoms with E-state index >= 15 is 0 Å². The summed E-state index contributed by atoms with van der Waals surface area (Å²) in [6.45, 7) is 5.55. The molecular formula is C15H27N3. The van der Waals surface area contributed by atoms with E-state index in [9.17, 15) is 0 Å². The maximum absolute atomic E-state index is 4.72. The molecule has 1 N–H and O–H groups in total. The molecule has 1 heterocycles. The number of aliphatic imine (C=N–C) groups is 1. The fourth-order valence-corrected chi connectivity index (χ4v) is 3.70. The summed E-state index contributed by atoms with van der Waals surface area (Å²) in [5.41, 5.74) is 0. The van der Waals surface area contributed by atoms with Gasteiger partial charge in [0.15, 0.2) is 5.96 Å². The third-order valence-corrected chi connectivity index (χ3v) is 5.02. The van der Waals surface area contributed by atoms with Gasteiger partial charge in [0, 0.05) is 25.7 Å². The van der Waals surface area contributed by atoms with Crippen molar-refractivity contribution in [2.24, 2.45) is 16.8 Å². The summed E-state index contributed by atoms with van der Waals surface area (Å²) in [7, 11) is 0. The molecule has 18 heavy (non-hydrogen) atoms. The van der Waals surface area contributed by atoms with E-state index in [-0.39, 0.29) is 0 Å². The minimum atomic E-state index is 0.706. The first kappa shape index (κ1) is 12.3. The van der Waals surface area contributed by atoms with Gasteiger partial charge in [0.2, 0.25) is 0 Å². The number of nitrogens with one attached hydrogen (secondary N) is 1. The van der Waals surface area contributed by atoms with E-state index in [2.05, 4.69) is 17.1 Å². The monoisotopic (exact) mass is 249 g/mol. The molecule has 0 amide bonds. The van der Waals surface area contributed by atoms with Gasteiger partial charge in [-0.1, -0.05) is 12.8 Å². The normalized spacial score (nSPS) is 33.2. The van der Waals surface area contributed by atoms with Crippen LogP contribution in [0, 0.1) is 11.8 Å². The average molecular weight is 249 g/mol. The Kier molecular flexibility index (Phi) is 3.76. The number of likely N-dealkylation sites (tertiary alicyclic amines) is 1. The Bertz CT molecular complexity index is 295. The largest absolute Gasteiger partial charge is 0.354 e. The lowest BCUT2D eigenvalue weighted by Crippen LogP contribution is -2.47. The van der Waals surface area contributed by atoms with E-state index in [1.54, 1.807) is 0 Å². The molecule has 2 saturated carbocycles. The van der Waals surface area contributed by atoms with E-state index in [1.165, 1.54) is 64.0 Å². The molecule has 0 aromatic heterocycles. The number of rotatable bonds is 2. The molecule has 1 aliphatic heterocycles. The molecule has 102 valence electrons. The van der Waals surface area contributed by atoms with Gasteiger partial charge in [0.05, 0.1) is 0 Å². The number of guanidine groups is 1. The molecule has 3 aliphatic rings. The number of fused-ring (bicyclic) bond motifs is 1. The van der Waals surface area contributed by atoms with Crippen molar-refractivity contribution >= 4 is 5.96 Å². The maximum atomic E-state index is 4.72. The minimum absolute atomic E-state index is 0.706. The van der Waals surface area contributed by atoms with Crippen LogP contribution in [0.4, 0.5) is 0 Å². The zero-order valence-electron chi connectivity index (χ0n) is 11.7. The van der Waals surface area contributed by atoms with Gasteiger partial charge < -0.3 is 10.2 Å². The van der Waals surface area contributed by atoms with Crippen LogP contribution in [-0.2, 0) is 0 Å². The Morgan fingerprint density at radius 1 is 1.06 bits per heavy atom. The number of hydrogen-bond donors (Lipinski definition) is 1. The van der Waals surface area contributed by atoms with Gasteiger partial charge in [-0.2, -0.15) is 0 Å². The second-order valence-electron chi connectivity index (χ2n) is 6.28. The van der Waals surface area contributed by atoms with E-state index in [4.69, 9.17) is 4.99 Å². The molecule has 3 fully saturated rings. The lowest BCUT2D eigenvalue weighted by atomic mass is 9.82. The van der Waals surface area contributed by atoms with Crippen molar-refractivity contribution in [3.05, 3.63) is 0 Å². The Morgan fingerprint density at radius 3 is 2.22 bits per heavy atom. The van der Waals surface area contributed by atoms with Crippen LogP contribution in [0.2, 0.25) is 0 Å². The quantitative estimate of drug-likeness (QED) is 0.602. The SMILES string of the molecule is CCN=C(NC1CCC1)N1CC2CCCCC2C1. The maximum Gasteiger partial charge on any atom is 0.194 e. The van der Waals surface area contributed by atoms with Crippen molar-refractivity contribution in [1.82, 2.24) is 10.2 Å². The molecule has 0 bridgehead atoms. The molecule has 3 heteroatoms. The van der Waals surface area contributed by atoms with Crippen LogP contribution in [0.1, 0.15) is 51.9 Å². The van der Waals surface area contributed by atoms with Crippen LogP contribution < -0.4 is 5.32 Å². The summed E-state index contributed by atoms with van der Waals surface area (Å²) in [6.07, 6.45) is 9.86. The smallest absolute Gasteiger partial charge is 0.194 e. The van der Waals surface area contributed by atoms with Crippen molar-refractivity contribution in [2.45, 2.75) is 57.9 Å². The standard InChI is InChI=1S/C15H27N3/c1-2-16-15(17-14-8-5-9-14)18-10-12-6-3-4-7-13(12)11-18/h12-14H,2-11H2,1H3,(H,16,17). The van der Waals surface area contributed by atoms with Gasteiger partial charge >= 0.3 is 0 Å². The number of nitrogens with zero attached hydrogens (tertiary/aromatic N) is 2. The van der Waals surface area contributed by atoms with Crippen molar-refractivity contribution in [3.63, 3.8) is 0 Å². The lowest BCUT2D eigenvalue weighted by molar-refractivity contribution is 0.299. The molecule has 0 aromatic rings. The molecule has 2 atom stereocenters. The van der Waals surface area contributed by atoms with Crippen LogP contribution in [-0.4, -0.2) is 36.5 Å². The lowest BCUT2D eigenvalue weighted by Gasteiger charge is -2.31. The van der Waals surface area contributed by atoms with Gasteiger partial charge in [0.1, 0.15) is 0 Å². The van der Waals surface area contributed by atoms with Crippen LogP contribution >= 0.6 is 0 Å². The highest BCUT2D eigenvalue weighted by Gasteiger charge is 2.36. The van der Waals surface area contributed by atoms with Crippen molar-refractivity contribution in [2.75, 3.05) is 19.6 Å². The Balaban J connectivity index is 1.61. The second kappa shape index (κ2) is 5.50. The van der Waals surface area contributed by atoms with Crippen LogP contribution in [0.3, 0.4) is 0 Å². The van der Waals surface area contributed by atoms with E-state index in [0.717, 1.165) is 18.4 Å². The van der Waals surface area contributed by atoms with Gasteiger partial charge in [-0.15, -0.1) is 0 Å². The molecule has 0 aromatic carbocycles. The number of hydrogen-bond acceptors (Lipinski definition) is 1. The predicted octanol–water partition coefficient (Wildman–Crippen LogP) is 2.63. The van der Waals surface area contributed by atoms with E-state index in [0.29, 0.717) is 6.04 Å². The first-order chi connectivity index (χ1) is 8.86. The fourth-order valence-electron chi connectivity index (χ4n) is 3.70. The Labute approximate surface area is 111 Å². The third-order valence-electron chi connectivity index (χ3n) is 5.02. The summed E-state index contributed by atoms with van der Waals surface area (Å²) in [5.74, 6) is 3.10. The predicted molar refractivity (Wildman–Crippen MR) is 75.8 cm³/mol. The average Bonchev–Trinajstić information content (AvgIpc) is 2.75. The van der Waals surface area contributed by atoms with Crippen LogP contribution in [0.15, 0.2) is 4.99 Å². The minimum Gasteiger partial charge on any atom is -0.354 e. The van der Waals surface area contributed by atoms with Gasteiger partial charge in [-0.25, -0.2) is 0 Å². The highest BCUT2D eigenvalue weighted by molar-refractivity contribution is 5.80. The first-order valence-corrected chi connectivity index (χ1v) is 7.92.